The summed E-state index contributed by atoms with van der Waals surface area (Å²) in [6.45, 7) is 5.42. The van der Waals surface area contributed by atoms with Crippen LogP contribution in [0.25, 0.3) is 0 Å². The highest BCUT2D eigenvalue weighted by molar-refractivity contribution is 7.89. The van der Waals surface area contributed by atoms with Gasteiger partial charge in [-0.3, -0.25) is 0 Å². The second kappa shape index (κ2) is 5.42. The van der Waals surface area contributed by atoms with Gasteiger partial charge in [0.15, 0.2) is 5.82 Å². The zero-order valence-electron chi connectivity index (χ0n) is 10.4. The Kier molecular flexibility index (Phi) is 4.58. The Labute approximate surface area is 111 Å². The van der Waals surface area contributed by atoms with Crippen molar-refractivity contribution in [2.75, 3.05) is 5.73 Å². The van der Waals surface area contributed by atoms with Gasteiger partial charge in [-0.1, -0.05) is 25.4 Å². The molecule has 1 aromatic carbocycles. The number of sulfonamides is 1. The monoisotopic (exact) mass is 294 g/mol. The molecule has 1 aromatic rings. The van der Waals surface area contributed by atoms with Gasteiger partial charge < -0.3 is 5.73 Å². The van der Waals surface area contributed by atoms with Crippen LogP contribution in [-0.2, 0) is 10.0 Å². The number of rotatable bonds is 4. The molecular formula is C11H16ClFN2O2S. The lowest BCUT2D eigenvalue weighted by Crippen LogP contribution is -2.36. The van der Waals surface area contributed by atoms with E-state index in [4.69, 9.17) is 17.3 Å². The van der Waals surface area contributed by atoms with E-state index >= 15 is 0 Å². The number of halogens is 2. The lowest BCUT2D eigenvalue weighted by Gasteiger charge is -2.18. The minimum absolute atomic E-state index is 0.0754. The molecule has 0 amide bonds. The zero-order chi connectivity index (χ0) is 14.1. The number of nitrogen functional groups attached to an aromatic ring is 1. The van der Waals surface area contributed by atoms with Crippen molar-refractivity contribution < 1.29 is 12.8 Å². The molecule has 0 fully saturated rings. The van der Waals surface area contributed by atoms with Crippen LogP contribution in [0.15, 0.2) is 17.0 Å². The van der Waals surface area contributed by atoms with E-state index in [1.54, 1.807) is 6.92 Å². The first kappa shape index (κ1) is 15.2. The molecule has 0 aliphatic carbocycles. The fraction of sp³-hybridized carbons (Fsp3) is 0.455. The highest BCUT2D eigenvalue weighted by Gasteiger charge is 2.24. The van der Waals surface area contributed by atoms with E-state index in [0.29, 0.717) is 0 Å². The highest BCUT2D eigenvalue weighted by atomic mass is 35.5. The summed E-state index contributed by atoms with van der Waals surface area (Å²) in [4.78, 5) is -0.528. The molecule has 0 aliphatic heterocycles. The van der Waals surface area contributed by atoms with Crippen molar-refractivity contribution in [2.24, 2.45) is 5.92 Å². The van der Waals surface area contributed by atoms with Crippen LogP contribution in [-0.4, -0.2) is 14.5 Å². The summed E-state index contributed by atoms with van der Waals surface area (Å²) < 4.78 is 40.1. The van der Waals surface area contributed by atoms with Crippen LogP contribution in [0, 0.1) is 11.7 Å². The van der Waals surface area contributed by atoms with Gasteiger partial charge in [-0.25, -0.2) is 17.5 Å². The van der Waals surface area contributed by atoms with Gasteiger partial charge in [0.2, 0.25) is 10.0 Å². The number of hydrogen-bond acceptors (Lipinski definition) is 3. The summed E-state index contributed by atoms with van der Waals surface area (Å²) in [6.07, 6.45) is 0. The quantitative estimate of drug-likeness (QED) is 0.838. The van der Waals surface area contributed by atoms with E-state index < -0.39 is 20.7 Å². The van der Waals surface area contributed by atoms with Crippen molar-refractivity contribution >= 4 is 27.3 Å². The molecule has 1 rings (SSSR count). The number of benzene rings is 1. The Balaban J connectivity index is 3.21. The highest BCUT2D eigenvalue weighted by Crippen LogP contribution is 2.25. The van der Waals surface area contributed by atoms with E-state index in [9.17, 15) is 12.8 Å². The predicted octanol–water partition coefficient (Wildman–Crippen LogP) is 2.38. The van der Waals surface area contributed by atoms with Crippen molar-refractivity contribution in [1.29, 1.82) is 0 Å². The Morgan fingerprint density at radius 2 is 1.89 bits per heavy atom. The fourth-order valence-electron chi connectivity index (χ4n) is 1.22. The topological polar surface area (TPSA) is 72.2 Å². The number of anilines is 1. The molecule has 7 heteroatoms. The molecule has 4 nitrogen and oxygen atoms in total. The average molecular weight is 295 g/mol. The Bertz CT molecular complexity index is 546. The molecule has 0 saturated heterocycles. The van der Waals surface area contributed by atoms with Gasteiger partial charge in [0.05, 0.1) is 5.69 Å². The Morgan fingerprint density at radius 1 is 1.33 bits per heavy atom. The third-order valence-electron chi connectivity index (χ3n) is 2.66. The average Bonchev–Trinajstić information content (AvgIpc) is 2.22. The predicted molar refractivity (Wildman–Crippen MR) is 70.4 cm³/mol. The van der Waals surface area contributed by atoms with Crippen molar-refractivity contribution in [2.45, 2.75) is 31.7 Å². The van der Waals surface area contributed by atoms with Gasteiger partial charge in [-0.15, -0.1) is 0 Å². The van der Waals surface area contributed by atoms with Gasteiger partial charge in [0.1, 0.15) is 4.90 Å². The molecule has 0 bridgehead atoms. The van der Waals surface area contributed by atoms with E-state index in [0.717, 1.165) is 6.07 Å². The molecule has 0 radical (unpaired) electrons. The largest absolute Gasteiger partial charge is 0.396 e. The second-order valence-corrected chi connectivity index (χ2v) is 6.58. The minimum Gasteiger partial charge on any atom is -0.396 e. The number of nitrogens with two attached hydrogens (primary N) is 1. The van der Waals surface area contributed by atoms with Crippen molar-refractivity contribution in [3.63, 3.8) is 0 Å². The lowest BCUT2D eigenvalue weighted by molar-refractivity contribution is 0.473. The number of nitrogens with one attached hydrogen (secondary N) is 1. The summed E-state index contributed by atoms with van der Waals surface area (Å²) in [6, 6.07) is 1.89. The van der Waals surface area contributed by atoms with Crippen molar-refractivity contribution in [1.82, 2.24) is 4.72 Å². The first-order valence-corrected chi connectivity index (χ1v) is 7.28. The third-order valence-corrected chi connectivity index (χ3v) is 4.44. The van der Waals surface area contributed by atoms with Gasteiger partial charge in [0.25, 0.3) is 0 Å². The first-order chi connectivity index (χ1) is 8.15. The maximum atomic E-state index is 13.7. The van der Waals surface area contributed by atoms with Gasteiger partial charge >= 0.3 is 0 Å². The molecule has 1 unspecified atom stereocenters. The van der Waals surface area contributed by atoms with Crippen LogP contribution in [0.5, 0.6) is 0 Å². The van der Waals surface area contributed by atoms with E-state index in [1.807, 2.05) is 13.8 Å². The Morgan fingerprint density at radius 3 is 2.39 bits per heavy atom. The molecule has 102 valence electrons. The molecule has 1 atom stereocenters. The molecule has 0 aliphatic rings. The maximum absolute atomic E-state index is 13.7. The molecule has 3 N–H and O–H groups in total. The van der Waals surface area contributed by atoms with Crippen LogP contribution in [0.4, 0.5) is 10.1 Å². The molecule has 0 heterocycles. The summed E-state index contributed by atoms with van der Waals surface area (Å²) in [5.41, 5.74) is 5.07. The SMILES string of the molecule is CC(C)C(C)NS(=O)(=O)c1cc(Cl)cc(N)c1F. The van der Waals surface area contributed by atoms with Crippen LogP contribution in [0.3, 0.4) is 0 Å². The molecule has 0 saturated carbocycles. The van der Waals surface area contributed by atoms with E-state index in [2.05, 4.69) is 4.72 Å². The first-order valence-electron chi connectivity index (χ1n) is 5.42. The summed E-state index contributed by atoms with van der Waals surface area (Å²) in [7, 11) is -3.97. The van der Waals surface area contributed by atoms with Gasteiger partial charge in [-0.2, -0.15) is 0 Å². The summed E-state index contributed by atoms with van der Waals surface area (Å²) in [5, 5.41) is 0.0754. The summed E-state index contributed by atoms with van der Waals surface area (Å²) in [5.74, 6) is -0.901. The van der Waals surface area contributed by atoms with Gasteiger partial charge in [0, 0.05) is 11.1 Å². The van der Waals surface area contributed by atoms with Crippen LogP contribution >= 0.6 is 11.6 Å². The van der Waals surface area contributed by atoms with Crippen LogP contribution < -0.4 is 10.5 Å². The Hall–Kier alpha value is -0.850. The third kappa shape index (κ3) is 3.34. The second-order valence-electron chi connectivity index (χ2n) is 4.46. The fourth-order valence-corrected chi connectivity index (χ4v) is 3.04. The normalized spacial score (nSPS) is 13.9. The molecule has 0 aromatic heterocycles. The zero-order valence-corrected chi connectivity index (χ0v) is 11.9. The van der Waals surface area contributed by atoms with Crippen molar-refractivity contribution in [3.8, 4) is 0 Å². The lowest BCUT2D eigenvalue weighted by atomic mass is 10.1. The minimum atomic E-state index is -3.97. The van der Waals surface area contributed by atoms with E-state index in [-0.39, 0.29) is 22.7 Å². The summed E-state index contributed by atoms with van der Waals surface area (Å²) >= 11 is 5.69. The van der Waals surface area contributed by atoms with Gasteiger partial charge in [-0.05, 0) is 25.0 Å². The van der Waals surface area contributed by atoms with E-state index in [1.165, 1.54) is 6.07 Å². The maximum Gasteiger partial charge on any atom is 0.243 e. The standard InChI is InChI=1S/C11H16ClFN2O2S/c1-6(2)7(3)15-18(16,17)10-5-8(12)4-9(14)11(10)13/h4-7,15H,14H2,1-3H3. The number of hydrogen-bond donors (Lipinski definition) is 2. The van der Waals surface area contributed by atoms with Crippen LogP contribution in [0.1, 0.15) is 20.8 Å². The van der Waals surface area contributed by atoms with Crippen molar-refractivity contribution in [3.05, 3.63) is 23.0 Å². The molecular weight excluding hydrogens is 279 g/mol. The van der Waals surface area contributed by atoms with Crippen LogP contribution in [0.2, 0.25) is 5.02 Å². The molecule has 0 spiro atoms. The molecule has 18 heavy (non-hydrogen) atoms. The smallest absolute Gasteiger partial charge is 0.243 e.